The van der Waals surface area contributed by atoms with Gasteiger partial charge in [-0.25, -0.2) is 0 Å². The minimum absolute atomic E-state index is 0.137. The Balaban J connectivity index is 4.19. The quantitative estimate of drug-likeness (QED) is 0.0195. The molecule has 0 aliphatic heterocycles. The third-order valence-electron chi connectivity index (χ3n) is 12.7. The molecule has 0 aliphatic rings. The van der Waals surface area contributed by atoms with Crippen LogP contribution in [0.15, 0.2) is 122 Å². The molecule has 0 heterocycles. The van der Waals surface area contributed by atoms with Gasteiger partial charge in [0.15, 0.2) is 12.4 Å². The number of carboxylic acid groups (broad SMARTS) is 1. The summed E-state index contributed by atoms with van der Waals surface area (Å²) < 4.78 is 22.7. The van der Waals surface area contributed by atoms with Crippen molar-refractivity contribution in [3.05, 3.63) is 122 Å². The highest BCUT2D eigenvalue weighted by Gasteiger charge is 2.22. The lowest BCUT2D eigenvalue weighted by Crippen LogP contribution is -2.44. The molecule has 0 saturated carbocycles. The minimum Gasteiger partial charge on any atom is -0.545 e. The van der Waals surface area contributed by atoms with Crippen LogP contribution in [0, 0.1) is 0 Å². The summed E-state index contributed by atoms with van der Waals surface area (Å²) in [7, 11) is 5.91. The summed E-state index contributed by atoms with van der Waals surface area (Å²) in [6.45, 7) is 4.48. The maximum absolute atomic E-state index is 12.9. The molecule has 9 heteroatoms. The van der Waals surface area contributed by atoms with Crippen molar-refractivity contribution in [1.82, 2.24) is 0 Å². The van der Waals surface area contributed by atoms with E-state index in [0.29, 0.717) is 23.9 Å². The van der Waals surface area contributed by atoms with Gasteiger partial charge in [0.25, 0.3) is 0 Å². The van der Waals surface area contributed by atoms with Crippen molar-refractivity contribution in [2.24, 2.45) is 0 Å². The lowest BCUT2D eigenvalue weighted by molar-refractivity contribution is -0.870. The zero-order valence-corrected chi connectivity index (χ0v) is 49.8. The Kier molecular flexibility index (Phi) is 54.6. The van der Waals surface area contributed by atoms with Gasteiger partial charge in [0.1, 0.15) is 13.2 Å². The number of likely N-dealkylation sites (N-methyl/N-ethyl adjacent to an activating group) is 1. The number of unbranched alkanes of at least 4 members (excludes halogenated alkanes) is 20. The van der Waals surface area contributed by atoms with Crippen molar-refractivity contribution >= 4 is 17.9 Å². The Hall–Kier alpha value is -4.31. The third kappa shape index (κ3) is 59.2. The summed E-state index contributed by atoms with van der Waals surface area (Å²) in [4.78, 5) is 37.3. The lowest BCUT2D eigenvalue weighted by Gasteiger charge is -2.26. The van der Waals surface area contributed by atoms with Crippen molar-refractivity contribution in [2.45, 2.75) is 245 Å². The largest absolute Gasteiger partial charge is 0.545 e. The first-order valence-corrected chi connectivity index (χ1v) is 30.7. The van der Waals surface area contributed by atoms with Crippen molar-refractivity contribution in [3.63, 3.8) is 0 Å². The Morgan fingerprint density at radius 3 is 1.05 bits per heavy atom. The number of esters is 2. The molecule has 2 atom stereocenters. The summed E-state index contributed by atoms with van der Waals surface area (Å²) in [6.07, 6.45) is 78.3. The van der Waals surface area contributed by atoms with Crippen LogP contribution in [0.25, 0.3) is 0 Å². The van der Waals surface area contributed by atoms with Gasteiger partial charge in [-0.2, -0.15) is 0 Å². The summed E-state index contributed by atoms with van der Waals surface area (Å²) in [5.74, 6) is -2.33. The number of nitrogens with zero attached hydrogens (tertiary/aromatic N) is 1. The monoisotopic (exact) mass is 1070 g/mol. The van der Waals surface area contributed by atoms with Crippen LogP contribution in [-0.4, -0.2) is 82.3 Å². The summed E-state index contributed by atoms with van der Waals surface area (Å²) >= 11 is 0. The summed E-state index contributed by atoms with van der Waals surface area (Å²) in [6, 6.07) is 0. The molecule has 9 nitrogen and oxygen atoms in total. The van der Waals surface area contributed by atoms with Crippen LogP contribution >= 0.6 is 0 Å². The SMILES string of the molecule is CC/C=C\C/C=C\C/C=C\C/C=C\C/C=C\CCCCCCCCCCCCCCCCCCCC(=O)OC(COC(=O)CCCCC/C=C\C/C=C\C/C=C\C/C=C\C/C=C\CC)COC(OCC[N+](C)(C)C)C(=O)[O-]. The standard InChI is InChI=1S/C68H113NO8/c1-6-8-10-12-14-16-18-20-22-24-26-27-28-29-30-31-32-33-34-35-36-37-38-39-41-43-45-47-49-51-53-55-57-59-66(71)77-64(63-76-68(67(72)73)74-61-60-69(3,4)5)62-75-65(70)58-56-54-52-50-48-46-44-42-40-25-23-21-19-17-15-13-11-9-7-2/h8-11,14-17,20-23,26-27,29-30,40,42,46,48,64,68H,6-7,12-13,18-19,24-25,28,31-39,41,43-45,47,49-63H2,1-5H3/b10-8-,11-9-,16-14-,17-15-,22-20-,23-21-,27-26-,30-29-,42-40-,48-46-. The molecule has 0 rings (SSSR count). The van der Waals surface area contributed by atoms with Crippen LogP contribution in [-0.2, 0) is 33.3 Å². The van der Waals surface area contributed by atoms with Gasteiger partial charge in [0.05, 0.1) is 40.3 Å². The molecule has 0 fully saturated rings. The molecule has 0 aromatic carbocycles. The molecule has 0 spiro atoms. The number of hydrogen-bond acceptors (Lipinski definition) is 8. The number of aliphatic carboxylic acids is 1. The van der Waals surface area contributed by atoms with Gasteiger partial charge in [0.2, 0.25) is 0 Å². The predicted molar refractivity (Wildman–Crippen MR) is 324 cm³/mol. The molecule has 0 aliphatic carbocycles. The second-order valence-corrected chi connectivity index (χ2v) is 21.2. The first-order chi connectivity index (χ1) is 37.6. The highest BCUT2D eigenvalue weighted by Crippen LogP contribution is 2.16. The fourth-order valence-corrected chi connectivity index (χ4v) is 8.06. The Morgan fingerprint density at radius 1 is 0.390 bits per heavy atom. The highest BCUT2D eigenvalue weighted by atomic mass is 16.7. The first-order valence-electron chi connectivity index (χ1n) is 30.7. The number of hydrogen-bond donors (Lipinski definition) is 0. The van der Waals surface area contributed by atoms with Crippen molar-refractivity contribution < 1.29 is 42.9 Å². The van der Waals surface area contributed by atoms with Gasteiger partial charge in [-0.05, 0) is 103 Å². The van der Waals surface area contributed by atoms with E-state index >= 15 is 0 Å². The average molecular weight is 1070 g/mol. The van der Waals surface area contributed by atoms with E-state index in [4.69, 9.17) is 18.9 Å². The fourth-order valence-electron chi connectivity index (χ4n) is 8.06. The van der Waals surface area contributed by atoms with Crippen LogP contribution < -0.4 is 5.11 Å². The molecule has 0 amide bonds. The maximum Gasteiger partial charge on any atom is 0.306 e. The molecule has 77 heavy (non-hydrogen) atoms. The number of carboxylic acids is 1. The van der Waals surface area contributed by atoms with Gasteiger partial charge in [-0.3, -0.25) is 9.59 Å². The van der Waals surface area contributed by atoms with E-state index in [1.807, 2.05) is 21.1 Å². The molecule has 0 saturated heterocycles. The Bertz CT molecular complexity index is 1670. The van der Waals surface area contributed by atoms with Crippen LogP contribution in [0.4, 0.5) is 0 Å². The number of quaternary nitrogens is 1. The smallest absolute Gasteiger partial charge is 0.306 e. The second kappa shape index (κ2) is 57.9. The second-order valence-electron chi connectivity index (χ2n) is 21.2. The van der Waals surface area contributed by atoms with E-state index in [0.717, 1.165) is 103 Å². The van der Waals surface area contributed by atoms with E-state index < -0.39 is 30.3 Å². The van der Waals surface area contributed by atoms with E-state index in [1.54, 1.807) is 0 Å². The number of allylic oxidation sites excluding steroid dienone is 20. The van der Waals surface area contributed by atoms with Crippen LogP contribution in [0.5, 0.6) is 0 Å². The summed E-state index contributed by atoms with van der Waals surface area (Å²) in [5.41, 5.74) is 0. The number of ether oxygens (including phenoxy) is 4. The van der Waals surface area contributed by atoms with Crippen molar-refractivity contribution in [2.75, 3.05) is 47.5 Å². The fraction of sp³-hybridized carbons (Fsp3) is 0.662. The van der Waals surface area contributed by atoms with E-state index in [1.165, 1.54) is 89.9 Å². The molecule has 438 valence electrons. The van der Waals surface area contributed by atoms with Gasteiger partial charge in [-0.15, -0.1) is 0 Å². The van der Waals surface area contributed by atoms with Gasteiger partial charge >= 0.3 is 11.9 Å². The predicted octanol–water partition coefficient (Wildman–Crippen LogP) is 17.1. The molecule has 2 unspecified atom stereocenters. The normalized spacial score (nSPS) is 13.6. The van der Waals surface area contributed by atoms with Crippen molar-refractivity contribution in [1.29, 1.82) is 0 Å². The molecule has 0 radical (unpaired) electrons. The van der Waals surface area contributed by atoms with Gasteiger partial charge in [0, 0.05) is 12.8 Å². The molecule has 0 aromatic rings. The van der Waals surface area contributed by atoms with Crippen LogP contribution in [0.1, 0.15) is 232 Å². The molecule has 0 N–H and O–H groups in total. The van der Waals surface area contributed by atoms with Crippen molar-refractivity contribution in [3.8, 4) is 0 Å². The molecular weight excluding hydrogens is 959 g/mol. The highest BCUT2D eigenvalue weighted by molar-refractivity contribution is 5.70. The topological polar surface area (TPSA) is 111 Å². The first kappa shape index (κ1) is 72.7. The molecular formula is C68H113NO8. The van der Waals surface area contributed by atoms with Gasteiger partial charge in [-0.1, -0.05) is 238 Å². The number of rotatable bonds is 55. The summed E-state index contributed by atoms with van der Waals surface area (Å²) in [5, 5.41) is 11.8. The lowest BCUT2D eigenvalue weighted by atomic mass is 10.0. The zero-order valence-electron chi connectivity index (χ0n) is 49.8. The van der Waals surface area contributed by atoms with E-state index in [2.05, 4.69) is 135 Å². The zero-order chi connectivity index (χ0) is 56.2. The van der Waals surface area contributed by atoms with E-state index in [-0.39, 0.29) is 32.7 Å². The van der Waals surface area contributed by atoms with Crippen LogP contribution in [0.3, 0.4) is 0 Å². The number of carbonyl (C=O) groups is 3. The average Bonchev–Trinajstić information content (AvgIpc) is 3.40. The van der Waals surface area contributed by atoms with E-state index in [9.17, 15) is 19.5 Å². The minimum atomic E-state index is -1.64. The van der Waals surface area contributed by atoms with Crippen LogP contribution in [0.2, 0.25) is 0 Å². The molecule has 0 aromatic heterocycles. The number of carbonyl (C=O) groups excluding carboxylic acids is 3. The Labute approximate surface area is 472 Å². The third-order valence-corrected chi connectivity index (χ3v) is 12.7. The molecule has 0 bridgehead atoms. The van der Waals surface area contributed by atoms with Gasteiger partial charge < -0.3 is 33.3 Å². The Morgan fingerprint density at radius 2 is 0.701 bits per heavy atom. The maximum atomic E-state index is 12.9.